The molecule has 0 amide bonds. The van der Waals surface area contributed by atoms with Crippen LogP contribution in [0.2, 0.25) is 0 Å². The molecule has 1 aliphatic carbocycles. The molecule has 1 saturated heterocycles. The maximum Gasteiger partial charge on any atom is 0.127 e. The van der Waals surface area contributed by atoms with E-state index in [1.54, 1.807) is 17.3 Å². The molecule has 1 fully saturated rings. The van der Waals surface area contributed by atoms with Gasteiger partial charge in [0.05, 0.1) is 5.69 Å². The lowest BCUT2D eigenvalue weighted by atomic mass is 9.87. The maximum atomic E-state index is 10.6. The topological polar surface area (TPSA) is 42.8 Å². The van der Waals surface area contributed by atoms with Gasteiger partial charge in [0, 0.05) is 68.8 Å². The number of aromatic hydroxyl groups is 1. The van der Waals surface area contributed by atoms with Crippen molar-refractivity contribution in [2.45, 2.75) is 38.6 Å². The van der Waals surface area contributed by atoms with Crippen molar-refractivity contribution in [2.75, 3.05) is 50.7 Å². The van der Waals surface area contributed by atoms with E-state index >= 15 is 0 Å². The fraction of sp³-hybridized carbons (Fsp3) is 0.433. The summed E-state index contributed by atoms with van der Waals surface area (Å²) in [7, 11) is 0. The van der Waals surface area contributed by atoms with Crippen molar-refractivity contribution in [1.82, 2.24) is 14.8 Å². The van der Waals surface area contributed by atoms with Crippen LogP contribution in [-0.4, -0.2) is 71.7 Å². The van der Waals surface area contributed by atoms with Crippen LogP contribution in [-0.2, 0) is 12.8 Å². The number of aryl methyl sites for hydroxylation is 1. The quantitative estimate of drug-likeness (QED) is 0.510. The normalized spacial score (nSPS) is 18.6. The van der Waals surface area contributed by atoms with E-state index < -0.39 is 0 Å². The van der Waals surface area contributed by atoms with Gasteiger partial charge in [0.2, 0.25) is 0 Å². The van der Waals surface area contributed by atoms with Crippen LogP contribution < -0.4 is 4.90 Å². The van der Waals surface area contributed by atoms with Gasteiger partial charge in [0.1, 0.15) is 5.75 Å². The number of hydrogen-bond acceptors (Lipinski definition) is 5. The summed E-state index contributed by atoms with van der Waals surface area (Å²) >= 11 is 0. The van der Waals surface area contributed by atoms with E-state index in [1.165, 1.54) is 32.2 Å². The molecule has 2 aromatic carbocycles. The van der Waals surface area contributed by atoms with E-state index in [9.17, 15) is 5.11 Å². The third-order valence-electron chi connectivity index (χ3n) is 7.71. The van der Waals surface area contributed by atoms with Gasteiger partial charge in [0.15, 0.2) is 0 Å². The number of benzene rings is 2. The summed E-state index contributed by atoms with van der Waals surface area (Å²) in [4.78, 5) is 12.1. The zero-order valence-corrected chi connectivity index (χ0v) is 20.9. The van der Waals surface area contributed by atoms with Crippen molar-refractivity contribution in [3.05, 3.63) is 78.0 Å². The van der Waals surface area contributed by atoms with Crippen LogP contribution in [0.3, 0.4) is 0 Å². The number of hydrogen-bond donors (Lipinski definition) is 1. The van der Waals surface area contributed by atoms with Crippen molar-refractivity contribution < 1.29 is 5.11 Å². The smallest absolute Gasteiger partial charge is 0.127 e. The number of piperazine rings is 1. The first-order chi connectivity index (χ1) is 17.2. The number of phenolic OH excluding ortho intramolecular Hbond substituents is 1. The Kier molecular flexibility index (Phi) is 7.65. The number of nitrogens with zero attached hydrogens (tertiary/aromatic N) is 4. The summed E-state index contributed by atoms with van der Waals surface area (Å²) < 4.78 is 0. The van der Waals surface area contributed by atoms with Crippen LogP contribution >= 0.6 is 0 Å². The summed E-state index contributed by atoms with van der Waals surface area (Å²) in [5.41, 5.74) is 5.79. The molecule has 0 bridgehead atoms. The highest BCUT2D eigenvalue weighted by molar-refractivity contribution is 5.70. The van der Waals surface area contributed by atoms with Gasteiger partial charge >= 0.3 is 0 Å². The van der Waals surface area contributed by atoms with E-state index in [-0.39, 0.29) is 0 Å². The minimum atomic E-state index is 0.299. The average Bonchev–Trinajstić information content (AvgIpc) is 2.91. The Hall–Kier alpha value is -2.89. The highest BCUT2D eigenvalue weighted by Gasteiger charge is 2.25. The predicted molar refractivity (Wildman–Crippen MR) is 144 cm³/mol. The summed E-state index contributed by atoms with van der Waals surface area (Å²) in [6.45, 7) is 9.90. The number of fused-ring (bicyclic) bond motifs is 1. The molecule has 3 aromatic rings. The molecule has 1 aromatic heterocycles. The first-order valence-corrected chi connectivity index (χ1v) is 13.2. The van der Waals surface area contributed by atoms with Gasteiger partial charge in [-0.2, -0.15) is 0 Å². The van der Waals surface area contributed by atoms with Crippen LogP contribution in [0, 0.1) is 0 Å². The Bertz CT molecular complexity index is 1090. The van der Waals surface area contributed by atoms with E-state index in [2.05, 4.69) is 56.9 Å². The highest BCUT2D eigenvalue weighted by Crippen LogP contribution is 2.32. The van der Waals surface area contributed by atoms with E-state index in [4.69, 9.17) is 0 Å². The number of phenols is 1. The van der Waals surface area contributed by atoms with E-state index in [0.717, 1.165) is 56.2 Å². The monoisotopic (exact) mass is 470 g/mol. The fourth-order valence-electron chi connectivity index (χ4n) is 5.71. The second kappa shape index (κ2) is 11.2. The molecule has 1 N–H and O–H groups in total. The zero-order chi connectivity index (χ0) is 24.0. The highest BCUT2D eigenvalue weighted by atomic mass is 16.3. The van der Waals surface area contributed by atoms with Gasteiger partial charge in [-0.1, -0.05) is 37.3 Å². The van der Waals surface area contributed by atoms with Gasteiger partial charge in [0.25, 0.3) is 0 Å². The van der Waals surface area contributed by atoms with Gasteiger partial charge < -0.3 is 10.0 Å². The lowest BCUT2D eigenvalue weighted by molar-refractivity contribution is 0.145. The summed E-state index contributed by atoms with van der Waals surface area (Å²) in [5, 5.41) is 10.6. The maximum absolute atomic E-state index is 10.6. The van der Waals surface area contributed by atoms with Crippen molar-refractivity contribution in [3.63, 3.8) is 0 Å². The SMILES string of the molecule is CCCN(CCN1CCN(c2ccc(-c3ccccn3)c(O)c2)CC1)C1CCc2ccccc2C1. The molecule has 0 radical (unpaired) electrons. The zero-order valence-electron chi connectivity index (χ0n) is 20.9. The molecule has 35 heavy (non-hydrogen) atoms. The van der Waals surface area contributed by atoms with Gasteiger partial charge in [-0.15, -0.1) is 0 Å². The second-order valence-electron chi connectivity index (χ2n) is 9.95. The Morgan fingerprint density at radius 1 is 0.943 bits per heavy atom. The van der Waals surface area contributed by atoms with Gasteiger partial charge in [-0.25, -0.2) is 0 Å². The Labute approximate surface area is 210 Å². The largest absolute Gasteiger partial charge is 0.507 e. The Morgan fingerprint density at radius 2 is 1.74 bits per heavy atom. The van der Waals surface area contributed by atoms with Crippen LogP contribution in [0.25, 0.3) is 11.3 Å². The molecule has 5 heteroatoms. The second-order valence-corrected chi connectivity index (χ2v) is 9.95. The van der Waals surface area contributed by atoms with Gasteiger partial charge in [-0.3, -0.25) is 14.8 Å². The van der Waals surface area contributed by atoms with Crippen molar-refractivity contribution in [3.8, 4) is 17.0 Å². The summed E-state index contributed by atoms with van der Waals surface area (Å²) in [6, 6.07) is 21.4. The summed E-state index contributed by atoms with van der Waals surface area (Å²) in [6.07, 6.45) is 6.66. The molecule has 184 valence electrons. The fourth-order valence-corrected chi connectivity index (χ4v) is 5.71. The molecule has 1 aliphatic heterocycles. The lowest BCUT2D eigenvalue weighted by Crippen LogP contribution is -2.50. The van der Waals surface area contributed by atoms with Crippen molar-refractivity contribution in [1.29, 1.82) is 0 Å². The first-order valence-electron chi connectivity index (χ1n) is 13.2. The third-order valence-corrected chi connectivity index (χ3v) is 7.71. The lowest BCUT2D eigenvalue weighted by Gasteiger charge is -2.39. The van der Waals surface area contributed by atoms with Crippen LogP contribution in [0.5, 0.6) is 5.75 Å². The molecular formula is C30H38N4O. The van der Waals surface area contributed by atoms with Crippen LogP contribution in [0.4, 0.5) is 5.69 Å². The number of aromatic nitrogens is 1. The number of rotatable bonds is 8. The average molecular weight is 471 g/mol. The molecule has 2 aliphatic rings. The molecule has 5 nitrogen and oxygen atoms in total. The molecule has 5 rings (SSSR count). The molecule has 1 unspecified atom stereocenters. The van der Waals surface area contributed by atoms with Crippen molar-refractivity contribution in [2.24, 2.45) is 0 Å². The molecule has 2 heterocycles. The first kappa shape index (κ1) is 23.8. The van der Waals surface area contributed by atoms with E-state index in [0.29, 0.717) is 11.8 Å². The van der Waals surface area contributed by atoms with Gasteiger partial charge in [-0.05, 0) is 67.6 Å². The minimum absolute atomic E-state index is 0.299. The molecule has 0 saturated carbocycles. The molecule has 0 spiro atoms. The number of pyridine rings is 1. The predicted octanol–water partition coefficient (Wildman–Crippen LogP) is 4.85. The number of anilines is 1. The Balaban J connectivity index is 1.14. The molecule has 1 atom stereocenters. The van der Waals surface area contributed by atoms with E-state index in [1.807, 2.05) is 30.3 Å². The standard InChI is InChI=1S/C30H38N4O/c1-2-15-33(26-11-10-24-7-3-4-8-25(24)22-26)19-16-32-17-20-34(21-18-32)27-12-13-28(30(35)23-27)29-9-5-6-14-31-29/h3-9,12-14,23,26,35H,2,10-11,15-22H2,1H3. The Morgan fingerprint density at radius 3 is 2.49 bits per heavy atom. The molecular weight excluding hydrogens is 432 g/mol. The summed E-state index contributed by atoms with van der Waals surface area (Å²) in [5.74, 6) is 0.299. The minimum Gasteiger partial charge on any atom is -0.507 e. The third kappa shape index (κ3) is 5.68. The van der Waals surface area contributed by atoms with Crippen LogP contribution in [0.1, 0.15) is 30.9 Å². The van der Waals surface area contributed by atoms with Crippen molar-refractivity contribution >= 4 is 5.69 Å². The van der Waals surface area contributed by atoms with Crippen LogP contribution in [0.15, 0.2) is 66.9 Å².